The average molecular weight is 230 g/mol. The molecule has 5 heteroatoms. The Morgan fingerprint density at radius 3 is 2.31 bits per heavy atom. The number of rotatable bonds is 7. The lowest BCUT2D eigenvalue weighted by atomic mass is 9.90. The van der Waals surface area contributed by atoms with Crippen LogP contribution in [-0.4, -0.2) is 55.0 Å². The van der Waals surface area contributed by atoms with Gasteiger partial charge in [0.05, 0.1) is 13.1 Å². The molecular formula is C11H22N2O3. The van der Waals surface area contributed by atoms with Gasteiger partial charge in [0.15, 0.2) is 5.78 Å². The van der Waals surface area contributed by atoms with Gasteiger partial charge in [0.25, 0.3) is 0 Å². The minimum absolute atomic E-state index is 0.0406. The van der Waals surface area contributed by atoms with Crippen molar-refractivity contribution in [1.29, 1.82) is 0 Å². The monoisotopic (exact) mass is 230 g/mol. The Kier molecular flexibility index (Phi) is 6.21. The van der Waals surface area contributed by atoms with Gasteiger partial charge in [0, 0.05) is 18.5 Å². The maximum atomic E-state index is 11.7. The molecular weight excluding hydrogens is 208 g/mol. The second-order valence-electron chi connectivity index (χ2n) is 4.98. The highest BCUT2D eigenvalue weighted by Crippen LogP contribution is 2.14. The van der Waals surface area contributed by atoms with Crippen molar-refractivity contribution in [3.05, 3.63) is 0 Å². The van der Waals surface area contributed by atoms with Crippen LogP contribution < -0.4 is 5.32 Å². The van der Waals surface area contributed by atoms with E-state index in [1.54, 1.807) is 0 Å². The number of hydrogen-bond donors (Lipinski definition) is 2. The molecule has 94 valence electrons. The summed E-state index contributed by atoms with van der Waals surface area (Å²) in [5, 5.41) is 11.2. The Hall–Kier alpha value is -0.940. The molecule has 0 unspecified atom stereocenters. The number of carboxylic acids is 1. The summed E-state index contributed by atoms with van der Waals surface area (Å²) in [5.74, 6) is -0.679. The van der Waals surface area contributed by atoms with Crippen molar-refractivity contribution >= 4 is 11.8 Å². The van der Waals surface area contributed by atoms with Gasteiger partial charge in [-0.2, -0.15) is 0 Å². The number of Topliss-reactive ketones (excluding diaryl/α,β-unsaturated/α-hetero) is 1. The Labute approximate surface area is 96.8 Å². The molecule has 0 spiro atoms. The lowest BCUT2D eigenvalue weighted by molar-refractivity contribution is -0.136. The Morgan fingerprint density at radius 1 is 1.31 bits per heavy atom. The van der Waals surface area contributed by atoms with E-state index in [0.717, 1.165) is 0 Å². The molecule has 5 nitrogen and oxygen atoms in total. The highest BCUT2D eigenvalue weighted by Gasteiger charge is 2.21. The van der Waals surface area contributed by atoms with Gasteiger partial charge in [-0.15, -0.1) is 0 Å². The summed E-state index contributed by atoms with van der Waals surface area (Å²) in [6.07, 6.45) is 0. The molecule has 2 N–H and O–H groups in total. The minimum atomic E-state index is -0.867. The van der Waals surface area contributed by atoms with Crippen molar-refractivity contribution in [2.24, 2.45) is 5.41 Å². The van der Waals surface area contributed by atoms with E-state index in [9.17, 15) is 9.59 Å². The molecule has 0 saturated heterocycles. The molecule has 0 amide bonds. The van der Waals surface area contributed by atoms with Gasteiger partial charge in [-0.25, -0.2) is 0 Å². The van der Waals surface area contributed by atoms with Crippen LogP contribution in [0.25, 0.3) is 0 Å². The first kappa shape index (κ1) is 15.1. The molecule has 0 aromatic carbocycles. The molecule has 0 aliphatic rings. The van der Waals surface area contributed by atoms with Gasteiger partial charge in [-0.3, -0.25) is 14.5 Å². The van der Waals surface area contributed by atoms with E-state index in [1.165, 1.54) is 0 Å². The molecule has 0 bridgehead atoms. The number of aliphatic carboxylic acids is 1. The van der Waals surface area contributed by atoms with Gasteiger partial charge < -0.3 is 10.4 Å². The van der Waals surface area contributed by atoms with Crippen molar-refractivity contribution in [1.82, 2.24) is 10.2 Å². The molecule has 0 aromatic rings. The lowest BCUT2D eigenvalue weighted by Crippen LogP contribution is -2.38. The fourth-order valence-electron chi connectivity index (χ4n) is 1.03. The fraction of sp³-hybridized carbons (Fsp3) is 0.818. The average Bonchev–Trinajstić information content (AvgIpc) is 2.10. The predicted molar refractivity (Wildman–Crippen MR) is 62.5 cm³/mol. The van der Waals surface area contributed by atoms with Gasteiger partial charge in [-0.1, -0.05) is 20.8 Å². The van der Waals surface area contributed by atoms with Crippen LogP contribution in [-0.2, 0) is 9.59 Å². The van der Waals surface area contributed by atoms with Crippen molar-refractivity contribution < 1.29 is 14.7 Å². The molecule has 0 heterocycles. The second kappa shape index (κ2) is 6.60. The number of carboxylic acid groups (broad SMARTS) is 1. The summed E-state index contributed by atoms with van der Waals surface area (Å²) in [5.41, 5.74) is -0.317. The summed E-state index contributed by atoms with van der Waals surface area (Å²) in [6, 6.07) is 0. The Balaban J connectivity index is 3.71. The highest BCUT2D eigenvalue weighted by molar-refractivity contribution is 5.85. The largest absolute Gasteiger partial charge is 0.480 e. The van der Waals surface area contributed by atoms with Crippen LogP contribution >= 0.6 is 0 Å². The SMILES string of the molecule is CN(CCNCC(=O)O)CC(=O)C(C)(C)C. The first-order chi connectivity index (χ1) is 7.23. The standard InChI is InChI=1S/C11H22N2O3/c1-11(2,3)9(14)8-13(4)6-5-12-7-10(15)16/h12H,5-8H2,1-4H3,(H,15,16). The maximum Gasteiger partial charge on any atom is 0.317 e. The van der Waals surface area contributed by atoms with E-state index in [0.29, 0.717) is 19.6 Å². The van der Waals surface area contributed by atoms with Crippen molar-refractivity contribution in [2.45, 2.75) is 20.8 Å². The van der Waals surface area contributed by atoms with Crippen LogP contribution in [0.4, 0.5) is 0 Å². The van der Waals surface area contributed by atoms with E-state index in [2.05, 4.69) is 5.32 Å². The summed E-state index contributed by atoms with van der Waals surface area (Å²) in [4.78, 5) is 23.8. The third kappa shape index (κ3) is 7.36. The molecule has 0 aromatic heterocycles. The van der Waals surface area contributed by atoms with Gasteiger partial charge in [0.1, 0.15) is 0 Å². The number of nitrogens with zero attached hydrogens (tertiary/aromatic N) is 1. The van der Waals surface area contributed by atoms with Crippen LogP contribution in [0.15, 0.2) is 0 Å². The Bertz CT molecular complexity index is 246. The quantitative estimate of drug-likeness (QED) is 0.612. The van der Waals surface area contributed by atoms with Crippen molar-refractivity contribution in [3.63, 3.8) is 0 Å². The molecule has 0 aliphatic carbocycles. The summed E-state index contributed by atoms with van der Waals surface area (Å²) in [7, 11) is 1.85. The van der Waals surface area contributed by atoms with Crippen molar-refractivity contribution in [3.8, 4) is 0 Å². The summed E-state index contributed by atoms with van der Waals surface area (Å²) in [6.45, 7) is 7.28. The first-order valence-electron chi connectivity index (χ1n) is 5.38. The molecule has 0 fully saturated rings. The zero-order chi connectivity index (χ0) is 12.8. The zero-order valence-electron chi connectivity index (χ0n) is 10.5. The van der Waals surface area contributed by atoms with Gasteiger partial charge in [-0.05, 0) is 7.05 Å². The van der Waals surface area contributed by atoms with Gasteiger partial charge >= 0.3 is 5.97 Å². The van der Waals surface area contributed by atoms with Crippen LogP contribution in [0.2, 0.25) is 0 Å². The number of carbonyl (C=O) groups is 2. The Morgan fingerprint density at radius 2 is 1.88 bits per heavy atom. The summed E-state index contributed by atoms with van der Waals surface area (Å²) < 4.78 is 0. The maximum absolute atomic E-state index is 11.7. The van der Waals surface area contributed by atoms with Crippen molar-refractivity contribution in [2.75, 3.05) is 33.2 Å². The van der Waals surface area contributed by atoms with Gasteiger partial charge in [0.2, 0.25) is 0 Å². The first-order valence-corrected chi connectivity index (χ1v) is 5.38. The van der Waals surface area contributed by atoms with Crippen LogP contribution in [0.3, 0.4) is 0 Å². The normalized spacial score (nSPS) is 11.8. The molecule has 0 rings (SSSR count). The smallest absolute Gasteiger partial charge is 0.317 e. The number of nitrogens with one attached hydrogen (secondary N) is 1. The number of carbonyl (C=O) groups excluding carboxylic acids is 1. The molecule has 0 radical (unpaired) electrons. The lowest BCUT2D eigenvalue weighted by Gasteiger charge is -2.22. The molecule has 0 atom stereocenters. The van der Waals surface area contributed by atoms with E-state index >= 15 is 0 Å². The highest BCUT2D eigenvalue weighted by atomic mass is 16.4. The zero-order valence-corrected chi connectivity index (χ0v) is 10.5. The number of likely N-dealkylation sites (N-methyl/N-ethyl adjacent to an activating group) is 1. The van der Waals surface area contributed by atoms with Crippen LogP contribution in [0.5, 0.6) is 0 Å². The molecule has 0 aliphatic heterocycles. The fourth-order valence-corrected chi connectivity index (χ4v) is 1.03. The molecule has 16 heavy (non-hydrogen) atoms. The van der Waals surface area contributed by atoms with E-state index in [1.807, 2.05) is 32.7 Å². The minimum Gasteiger partial charge on any atom is -0.480 e. The number of ketones is 1. The van der Waals surface area contributed by atoms with E-state index in [-0.39, 0.29) is 17.7 Å². The molecule has 0 saturated carbocycles. The summed E-state index contributed by atoms with van der Waals surface area (Å²) >= 11 is 0. The second-order valence-corrected chi connectivity index (χ2v) is 4.98. The van der Waals surface area contributed by atoms with Crippen LogP contribution in [0.1, 0.15) is 20.8 Å². The van der Waals surface area contributed by atoms with E-state index in [4.69, 9.17) is 5.11 Å². The van der Waals surface area contributed by atoms with Crippen LogP contribution in [0, 0.1) is 5.41 Å². The predicted octanol–water partition coefficient (Wildman–Crippen LogP) is 0.208. The third-order valence-electron chi connectivity index (χ3n) is 2.20. The van der Waals surface area contributed by atoms with E-state index < -0.39 is 5.97 Å². The topological polar surface area (TPSA) is 69.6 Å². The third-order valence-corrected chi connectivity index (χ3v) is 2.20. The number of hydrogen-bond acceptors (Lipinski definition) is 4.